The lowest BCUT2D eigenvalue weighted by Gasteiger charge is -2.15. The zero-order chi connectivity index (χ0) is 19.2. The summed E-state index contributed by atoms with van der Waals surface area (Å²) in [6.07, 6.45) is 2.08. The summed E-state index contributed by atoms with van der Waals surface area (Å²) in [5.74, 6) is 1.51. The molecule has 27 heavy (non-hydrogen) atoms. The average Bonchev–Trinajstić information content (AvgIpc) is 3.37. The number of thiazole rings is 1. The van der Waals surface area contributed by atoms with E-state index in [0.29, 0.717) is 10.0 Å². The van der Waals surface area contributed by atoms with Crippen molar-refractivity contribution in [2.45, 2.75) is 25.2 Å². The number of methoxy groups -OCH3 is 2. The molecule has 0 aliphatic heterocycles. The van der Waals surface area contributed by atoms with E-state index in [2.05, 4.69) is 6.92 Å². The number of benzene rings is 2. The summed E-state index contributed by atoms with van der Waals surface area (Å²) in [6, 6.07) is 11.6. The maximum absolute atomic E-state index is 6.51. The van der Waals surface area contributed by atoms with Crippen LogP contribution in [0.4, 0.5) is 0 Å². The Bertz CT molecular complexity index is 1010. The Kier molecular flexibility index (Phi) is 4.83. The molecule has 3 aromatic rings. The van der Waals surface area contributed by atoms with Gasteiger partial charge in [-0.3, -0.25) is 0 Å². The van der Waals surface area contributed by atoms with Crippen molar-refractivity contribution in [3.05, 3.63) is 61.9 Å². The normalized spacial score (nSPS) is 14.9. The van der Waals surface area contributed by atoms with E-state index in [1.165, 1.54) is 0 Å². The number of halogens is 2. The lowest BCUT2D eigenvalue weighted by molar-refractivity contribution is 0.395. The maximum atomic E-state index is 6.51. The average molecular weight is 420 g/mol. The molecule has 2 aromatic carbocycles. The first-order valence-corrected chi connectivity index (χ1v) is 10.2. The highest BCUT2D eigenvalue weighted by molar-refractivity contribution is 7.12. The summed E-state index contributed by atoms with van der Waals surface area (Å²) >= 11 is 14.3. The van der Waals surface area contributed by atoms with E-state index in [-0.39, 0.29) is 5.41 Å². The molecule has 0 saturated heterocycles. The molecule has 0 bridgehead atoms. The summed E-state index contributed by atoms with van der Waals surface area (Å²) in [4.78, 5) is 6.18. The summed E-state index contributed by atoms with van der Waals surface area (Å²) in [5, 5.41) is 2.45. The fraction of sp³-hybridized carbons (Fsp3) is 0.286. The molecule has 0 amide bonds. The monoisotopic (exact) mass is 419 g/mol. The minimum absolute atomic E-state index is 0.102. The molecule has 1 aliphatic rings. The van der Waals surface area contributed by atoms with Gasteiger partial charge in [-0.25, -0.2) is 4.98 Å². The van der Waals surface area contributed by atoms with E-state index in [1.807, 2.05) is 36.4 Å². The predicted molar refractivity (Wildman–Crippen MR) is 112 cm³/mol. The predicted octanol–water partition coefficient (Wildman–Crippen LogP) is 6.52. The minimum atomic E-state index is -0.102. The van der Waals surface area contributed by atoms with Crippen LogP contribution in [0.1, 0.15) is 28.3 Å². The van der Waals surface area contributed by atoms with Crippen molar-refractivity contribution < 1.29 is 9.47 Å². The van der Waals surface area contributed by atoms with Gasteiger partial charge in [0.2, 0.25) is 0 Å². The molecule has 0 atom stereocenters. The third-order valence-electron chi connectivity index (χ3n) is 5.07. The fourth-order valence-corrected chi connectivity index (χ4v) is 5.22. The van der Waals surface area contributed by atoms with Gasteiger partial charge in [-0.05, 0) is 49.6 Å². The van der Waals surface area contributed by atoms with Crippen LogP contribution in [0, 0.1) is 6.92 Å². The fourth-order valence-electron chi connectivity index (χ4n) is 3.45. The standard InChI is InChI=1S/C21H19Cl2NO2S/c1-12-19(15-6-5-14(25-2)11-18(15)26-3)24-20(27-12)21(8-9-21)16-7-4-13(22)10-17(16)23/h4-7,10-11H,8-9H2,1-3H3. The number of aryl methyl sites for hydroxylation is 1. The lowest BCUT2D eigenvalue weighted by atomic mass is 9.96. The van der Waals surface area contributed by atoms with Crippen LogP contribution in [0.5, 0.6) is 11.5 Å². The van der Waals surface area contributed by atoms with Crippen molar-refractivity contribution in [3.63, 3.8) is 0 Å². The van der Waals surface area contributed by atoms with Crippen molar-refractivity contribution in [2.24, 2.45) is 0 Å². The number of aromatic nitrogens is 1. The smallest absolute Gasteiger partial charge is 0.131 e. The number of rotatable bonds is 5. The van der Waals surface area contributed by atoms with Crippen LogP contribution in [0.3, 0.4) is 0 Å². The summed E-state index contributed by atoms with van der Waals surface area (Å²) in [5.41, 5.74) is 2.92. The van der Waals surface area contributed by atoms with Gasteiger partial charge in [0.25, 0.3) is 0 Å². The molecule has 1 heterocycles. The molecule has 140 valence electrons. The molecular formula is C21H19Cl2NO2S. The zero-order valence-corrected chi connectivity index (χ0v) is 17.6. The second-order valence-corrected chi connectivity index (χ2v) is 8.74. The van der Waals surface area contributed by atoms with Gasteiger partial charge in [0.1, 0.15) is 16.5 Å². The van der Waals surface area contributed by atoms with Gasteiger partial charge < -0.3 is 9.47 Å². The van der Waals surface area contributed by atoms with E-state index in [9.17, 15) is 0 Å². The van der Waals surface area contributed by atoms with Gasteiger partial charge in [0.05, 0.1) is 19.9 Å². The second-order valence-electron chi connectivity index (χ2n) is 6.70. The first kappa shape index (κ1) is 18.6. The number of hydrogen-bond acceptors (Lipinski definition) is 4. The molecule has 1 aliphatic carbocycles. The first-order valence-electron chi connectivity index (χ1n) is 8.64. The Hall–Kier alpha value is -1.75. The van der Waals surface area contributed by atoms with Gasteiger partial charge in [0.15, 0.2) is 0 Å². The Morgan fingerprint density at radius 2 is 1.81 bits per heavy atom. The molecule has 3 nitrogen and oxygen atoms in total. The maximum Gasteiger partial charge on any atom is 0.131 e. The van der Waals surface area contributed by atoms with Crippen LogP contribution in [0.25, 0.3) is 11.3 Å². The summed E-state index contributed by atoms with van der Waals surface area (Å²) < 4.78 is 10.9. The van der Waals surface area contributed by atoms with Gasteiger partial charge in [-0.1, -0.05) is 29.3 Å². The quantitative estimate of drug-likeness (QED) is 0.471. The van der Waals surface area contributed by atoms with Gasteiger partial charge in [-0.2, -0.15) is 0 Å². The Morgan fingerprint density at radius 1 is 1.04 bits per heavy atom. The molecule has 6 heteroatoms. The topological polar surface area (TPSA) is 31.4 Å². The van der Waals surface area contributed by atoms with Crippen molar-refractivity contribution >= 4 is 34.5 Å². The number of hydrogen-bond donors (Lipinski definition) is 0. The largest absolute Gasteiger partial charge is 0.497 e. The number of ether oxygens (including phenoxy) is 2. The minimum Gasteiger partial charge on any atom is -0.497 e. The van der Waals surface area contributed by atoms with Crippen LogP contribution >= 0.6 is 34.5 Å². The third kappa shape index (κ3) is 3.20. The van der Waals surface area contributed by atoms with Gasteiger partial charge in [-0.15, -0.1) is 11.3 Å². The Morgan fingerprint density at radius 3 is 2.44 bits per heavy atom. The van der Waals surface area contributed by atoms with Crippen LogP contribution in [-0.4, -0.2) is 19.2 Å². The lowest BCUT2D eigenvalue weighted by Crippen LogP contribution is -2.09. The highest BCUT2D eigenvalue weighted by Crippen LogP contribution is 2.57. The van der Waals surface area contributed by atoms with Crippen molar-refractivity contribution in [1.82, 2.24) is 4.98 Å². The molecular weight excluding hydrogens is 401 g/mol. The number of nitrogens with zero attached hydrogens (tertiary/aromatic N) is 1. The van der Waals surface area contributed by atoms with E-state index in [0.717, 1.165) is 51.0 Å². The first-order chi connectivity index (χ1) is 13.0. The van der Waals surface area contributed by atoms with E-state index < -0.39 is 0 Å². The molecule has 4 rings (SSSR count). The van der Waals surface area contributed by atoms with E-state index >= 15 is 0 Å². The van der Waals surface area contributed by atoms with Crippen LogP contribution < -0.4 is 9.47 Å². The van der Waals surface area contributed by atoms with Crippen LogP contribution in [-0.2, 0) is 5.41 Å². The Balaban J connectivity index is 1.79. The molecule has 1 aromatic heterocycles. The van der Waals surface area contributed by atoms with Crippen molar-refractivity contribution in [3.8, 4) is 22.8 Å². The van der Waals surface area contributed by atoms with Crippen LogP contribution in [0.2, 0.25) is 10.0 Å². The van der Waals surface area contributed by atoms with Crippen LogP contribution in [0.15, 0.2) is 36.4 Å². The van der Waals surface area contributed by atoms with Gasteiger partial charge in [0, 0.05) is 32.0 Å². The SMILES string of the molecule is COc1ccc(-c2nc(C3(c4ccc(Cl)cc4Cl)CC3)sc2C)c(OC)c1. The molecule has 1 fully saturated rings. The third-order valence-corrected chi connectivity index (χ3v) is 6.79. The second kappa shape index (κ2) is 7.01. The van der Waals surface area contributed by atoms with Gasteiger partial charge >= 0.3 is 0 Å². The zero-order valence-electron chi connectivity index (χ0n) is 15.3. The molecule has 0 spiro atoms. The van der Waals surface area contributed by atoms with E-state index in [1.54, 1.807) is 25.6 Å². The van der Waals surface area contributed by atoms with Crippen molar-refractivity contribution in [1.29, 1.82) is 0 Å². The highest BCUT2D eigenvalue weighted by atomic mass is 35.5. The molecule has 0 N–H and O–H groups in total. The molecule has 0 unspecified atom stereocenters. The Labute approximate surface area is 172 Å². The van der Waals surface area contributed by atoms with Crippen molar-refractivity contribution in [2.75, 3.05) is 14.2 Å². The van der Waals surface area contributed by atoms with E-state index in [4.69, 9.17) is 37.7 Å². The molecule has 1 saturated carbocycles. The summed E-state index contributed by atoms with van der Waals surface area (Å²) in [7, 11) is 3.31. The molecule has 0 radical (unpaired) electrons. The highest BCUT2D eigenvalue weighted by Gasteiger charge is 2.50. The summed E-state index contributed by atoms with van der Waals surface area (Å²) in [6.45, 7) is 2.10.